The summed E-state index contributed by atoms with van der Waals surface area (Å²) in [6.07, 6.45) is 1.49. The van der Waals surface area contributed by atoms with Crippen LogP contribution in [-0.2, 0) is 0 Å². The zero-order valence-corrected chi connectivity index (χ0v) is 13.0. The average molecular weight is 306 g/mol. The molecule has 20 heavy (non-hydrogen) atoms. The van der Waals surface area contributed by atoms with E-state index in [4.69, 9.17) is 17.0 Å². The fraction of sp³-hybridized carbons (Fsp3) is 0.308. The molecular formula is C13H14N4OS2. The molecule has 0 amide bonds. The highest BCUT2D eigenvalue weighted by atomic mass is 32.1. The van der Waals surface area contributed by atoms with Crippen molar-refractivity contribution in [3.63, 3.8) is 0 Å². The van der Waals surface area contributed by atoms with Gasteiger partial charge in [0, 0.05) is 9.75 Å². The van der Waals surface area contributed by atoms with Crippen molar-refractivity contribution >= 4 is 34.7 Å². The Hall–Kier alpha value is -1.73. The number of thiophene rings is 1. The minimum atomic E-state index is 0.120. The minimum Gasteiger partial charge on any atom is -0.479 e. The molecule has 0 radical (unpaired) electrons. The second kappa shape index (κ2) is 4.99. The summed E-state index contributed by atoms with van der Waals surface area (Å²) in [5.41, 5.74) is 1.50. The first-order chi connectivity index (χ1) is 9.61. The molecule has 1 atom stereocenters. The minimum absolute atomic E-state index is 0.120. The lowest BCUT2D eigenvalue weighted by Gasteiger charge is -2.12. The Morgan fingerprint density at radius 2 is 2.20 bits per heavy atom. The number of aromatic amines is 1. The number of ether oxygens (including phenoxy) is 1. The number of aryl methyl sites for hydroxylation is 1. The van der Waals surface area contributed by atoms with Crippen molar-refractivity contribution < 1.29 is 4.74 Å². The molecule has 0 saturated heterocycles. The largest absolute Gasteiger partial charge is 0.479 e. The number of nitrogens with one attached hydrogen (secondary N) is 1. The second-order valence-electron chi connectivity index (χ2n) is 4.51. The quantitative estimate of drug-likeness (QED) is 0.753. The number of aromatic nitrogens is 4. The molecule has 0 spiro atoms. The topological polar surface area (TPSA) is 55.7 Å². The summed E-state index contributed by atoms with van der Waals surface area (Å²) in [7, 11) is 1.59. The zero-order valence-electron chi connectivity index (χ0n) is 11.4. The van der Waals surface area contributed by atoms with E-state index < -0.39 is 0 Å². The molecule has 0 aliphatic carbocycles. The van der Waals surface area contributed by atoms with Gasteiger partial charge in [-0.3, -0.25) is 4.57 Å². The van der Waals surface area contributed by atoms with E-state index in [2.05, 4.69) is 40.9 Å². The smallest absolute Gasteiger partial charge is 0.242 e. The predicted octanol–water partition coefficient (Wildman–Crippen LogP) is 3.48. The van der Waals surface area contributed by atoms with Crippen LogP contribution in [-0.4, -0.2) is 26.6 Å². The Morgan fingerprint density at radius 3 is 2.85 bits per heavy atom. The van der Waals surface area contributed by atoms with E-state index in [1.54, 1.807) is 18.4 Å². The molecule has 0 aromatic carbocycles. The molecule has 0 fully saturated rings. The normalized spacial score (nSPS) is 12.8. The summed E-state index contributed by atoms with van der Waals surface area (Å²) in [5.74, 6) is 0.509. The number of hydrogen-bond acceptors (Lipinski definition) is 5. The highest BCUT2D eigenvalue weighted by Gasteiger charge is 2.18. The van der Waals surface area contributed by atoms with Crippen molar-refractivity contribution in [2.45, 2.75) is 19.9 Å². The summed E-state index contributed by atoms with van der Waals surface area (Å²) < 4.78 is 7.87. The molecule has 1 unspecified atom stereocenters. The predicted molar refractivity (Wildman–Crippen MR) is 82.1 cm³/mol. The molecule has 0 bridgehead atoms. The van der Waals surface area contributed by atoms with Crippen LogP contribution in [0, 0.1) is 11.7 Å². The average Bonchev–Trinajstić information content (AvgIpc) is 3.00. The van der Waals surface area contributed by atoms with Crippen molar-refractivity contribution in [2.75, 3.05) is 7.11 Å². The molecule has 0 aliphatic heterocycles. The van der Waals surface area contributed by atoms with Crippen molar-refractivity contribution in [3.05, 3.63) is 33.0 Å². The molecule has 0 saturated carbocycles. The van der Waals surface area contributed by atoms with Crippen LogP contribution in [0.3, 0.4) is 0 Å². The molecule has 3 aromatic rings. The van der Waals surface area contributed by atoms with Crippen LogP contribution in [0.5, 0.6) is 5.88 Å². The van der Waals surface area contributed by atoms with Gasteiger partial charge in [0.15, 0.2) is 10.4 Å². The van der Waals surface area contributed by atoms with Crippen LogP contribution < -0.4 is 4.74 Å². The Kier molecular flexibility index (Phi) is 3.31. The number of rotatable bonds is 3. The number of nitrogens with zero attached hydrogens (tertiary/aromatic N) is 3. The molecule has 104 valence electrons. The van der Waals surface area contributed by atoms with Crippen LogP contribution in [0.15, 0.2) is 18.5 Å². The molecule has 3 aromatic heterocycles. The SMILES string of the molecule is COc1ncnc2c1[nH]c(=S)n2C(C)c1ccc(C)s1. The maximum Gasteiger partial charge on any atom is 0.242 e. The zero-order chi connectivity index (χ0) is 14.3. The number of hydrogen-bond donors (Lipinski definition) is 1. The van der Waals surface area contributed by atoms with E-state index in [0.717, 1.165) is 11.2 Å². The van der Waals surface area contributed by atoms with Gasteiger partial charge in [-0.1, -0.05) is 0 Å². The van der Waals surface area contributed by atoms with Gasteiger partial charge in [0.2, 0.25) is 5.88 Å². The summed E-state index contributed by atoms with van der Waals surface area (Å²) in [6, 6.07) is 4.36. The highest BCUT2D eigenvalue weighted by molar-refractivity contribution is 7.71. The Labute approximate surface area is 125 Å². The van der Waals surface area contributed by atoms with Crippen molar-refractivity contribution in [1.29, 1.82) is 0 Å². The van der Waals surface area contributed by atoms with Crippen LogP contribution in [0.25, 0.3) is 11.2 Å². The summed E-state index contributed by atoms with van der Waals surface area (Å²) in [5, 5.41) is 0. The second-order valence-corrected chi connectivity index (χ2v) is 6.21. The van der Waals surface area contributed by atoms with Gasteiger partial charge < -0.3 is 9.72 Å². The molecule has 7 heteroatoms. The van der Waals surface area contributed by atoms with Gasteiger partial charge in [0.1, 0.15) is 11.8 Å². The van der Waals surface area contributed by atoms with E-state index in [1.807, 2.05) is 4.57 Å². The molecule has 1 N–H and O–H groups in total. The third kappa shape index (κ3) is 2.03. The Bertz CT molecular complexity index is 817. The van der Waals surface area contributed by atoms with Crippen LogP contribution in [0.4, 0.5) is 0 Å². The number of imidazole rings is 1. The number of fused-ring (bicyclic) bond motifs is 1. The van der Waals surface area contributed by atoms with Gasteiger partial charge in [-0.05, 0) is 38.2 Å². The first-order valence-electron chi connectivity index (χ1n) is 6.17. The molecular weight excluding hydrogens is 292 g/mol. The van der Waals surface area contributed by atoms with Crippen LogP contribution in [0.1, 0.15) is 22.7 Å². The van der Waals surface area contributed by atoms with Crippen molar-refractivity contribution in [1.82, 2.24) is 19.5 Å². The summed E-state index contributed by atoms with van der Waals surface area (Å²) >= 11 is 7.20. The third-order valence-electron chi connectivity index (χ3n) is 3.22. The Balaban J connectivity index is 2.21. The first-order valence-corrected chi connectivity index (χ1v) is 7.40. The molecule has 0 aliphatic rings. The number of methoxy groups -OCH3 is 1. The standard InChI is InChI=1S/C13H14N4OS2/c1-7-4-5-9(20-7)8(2)17-11-10(16-13(17)19)12(18-3)15-6-14-11/h4-6,8H,1-3H3,(H,16,19). The van der Waals surface area contributed by atoms with Gasteiger partial charge in [-0.2, -0.15) is 4.98 Å². The number of H-pyrrole nitrogens is 1. The third-order valence-corrected chi connectivity index (χ3v) is 4.69. The molecule has 5 nitrogen and oxygen atoms in total. The van der Waals surface area contributed by atoms with E-state index in [1.165, 1.54) is 16.1 Å². The lowest BCUT2D eigenvalue weighted by atomic mass is 10.2. The van der Waals surface area contributed by atoms with Crippen molar-refractivity contribution in [2.24, 2.45) is 0 Å². The van der Waals surface area contributed by atoms with Crippen LogP contribution in [0.2, 0.25) is 0 Å². The van der Waals surface area contributed by atoms with E-state index >= 15 is 0 Å². The fourth-order valence-electron chi connectivity index (χ4n) is 2.24. The molecule has 3 rings (SSSR count). The lowest BCUT2D eigenvalue weighted by molar-refractivity contribution is 0.401. The molecule has 3 heterocycles. The van der Waals surface area contributed by atoms with Gasteiger partial charge in [0.05, 0.1) is 13.2 Å². The summed E-state index contributed by atoms with van der Waals surface area (Å²) in [6.45, 7) is 4.21. The van der Waals surface area contributed by atoms with Crippen molar-refractivity contribution in [3.8, 4) is 5.88 Å². The van der Waals surface area contributed by atoms with Crippen LogP contribution >= 0.6 is 23.6 Å². The van der Waals surface area contributed by atoms with E-state index in [-0.39, 0.29) is 6.04 Å². The maximum atomic E-state index is 5.43. The maximum absolute atomic E-state index is 5.43. The Morgan fingerprint density at radius 1 is 1.40 bits per heavy atom. The lowest BCUT2D eigenvalue weighted by Crippen LogP contribution is -2.06. The highest BCUT2D eigenvalue weighted by Crippen LogP contribution is 2.30. The van der Waals surface area contributed by atoms with Gasteiger partial charge in [-0.25, -0.2) is 4.98 Å². The monoisotopic (exact) mass is 306 g/mol. The van der Waals surface area contributed by atoms with Gasteiger partial charge in [0.25, 0.3) is 0 Å². The van der Waals surface area contributed by atoms with Gasteiger partial charge >= 0.3 is 0 Å². The summed E-state index contributed by atoms with van der Waals surface area (Å²) in [4.78, 5) is 14.1. The van der Waals surface area contributed by atoms with Gasteiger partial charge in [-0.15, -0.1) is 11.3 Å². The van der Waals surface area contributed by atoms with E-state index in [9.17, 15) is 0 Å². The first kappa shape index (κ1) is 13.3. The van der Waals surface area contributed by atoms with E-state index in [0.29, 0.717) is 10.7 Å². The fourth-order valence-corrected chi connectivity index (χ4v) is 3.50.